The van der Waals surface area contributed by atoms with E-state index in [0.717, 1.165) is 37.6 Å². The molecule has 1 saturated heterocycles. The molecular weight excluding hydrogens is 214 g/mol. The van der Waals surface area contributed by atoms with E-state index in [9.17, 15) is 0 Å². The summed E-state index contributed by atoms with van der Waals surface area (Å²) in [6, 6.07) is 0. The Hall–Kier alpha value is -0.900. The molecule has 1 unspecified atom stereocenters. The predicted molar refractivity (Wildman–Crippen MR) is 65.0 cm³/mol. The number of hydrogen-bond donors (Lipinski definition) is 1. The molecule has 0 radical (unpaired) electrons. The first-order valence-electron chi connectivity index (χ1n) is 6.89. The summed E-state index contributed by atoms with van der Waals surface area (Å²) in [5.41, 5.74) is 0.101. The summed E-state index contributed by atoms with van der Waals surface area (Å²) in [7, 11) is 0. The Balaban J connectivity index is 1.83. The normalized spacial score (nSPS) is 30.2. The van der Waals surface area contributed by atoms with Gasteiger partial charge in [-0.1, -0.05) is 24.9 Å². The smallest absolute Gasteiger partial charge is 0.234 e. The van der Waals surface area contributed by atoms with Crippen LogP contribution in [0.4, 0.5) is 0 Å². The van der Waals surface area contributed by atoms with Crippen LogP contribution in [-0.2, 0) is 5.41 Å². The molecule has 2 heterocycles. The van der Waals surface area contributed by atoms with Gasteiger partial charge in [-0.05, 0) is 32.2 Å². The highest BCUT2D eigenvalue weighted by Gasteiger charge is 2.39. The molecule has 1 aromatic heterocycles. The molecule has 3 rings (SSSR count). The first kappa shape index (κ1) is 11.2. The van der Waals surface area contributed by atoms with Gasteiger partial charge in [0.1, 0.15) is 0 Å². The number of rotatable bonds is 3. The number of nitrogens with one attached hydrogen (secondary N) is 1. The molecule has 1 aliphatic carbocycles. The molecule has 1 saturated carbocycles. The average Bonchev–Trinajstić information content (AvgIpc) is 3.10. The average molecular weight is 235 g/mol. The summed E-state index contributed by atoms with van der Waals surface area (Å²) >= 11 is 0. The molecule has 2 aliphatic rings. The van der Waals surface area contributed by atoms with Gasteiger partial charge in [-0.15, -0.1) is 0 Å². The molecule has 2 fully saturated rings. The molecule has 4 nitrogen and oxygen atoms in total. The van der Waals surface area contributed by atoms with Crippen LogP contribution in [0.25, 0.3) is 0 Å². The van der Waals surface area contributed by atoms with Crippen molar-refractivity contribution >= 4 is 0 Å². The van der Waals surface area contributed by atoms with Crippen molar-refractivity contribution in [3.8, 4) is 0 Å². The zero-order valence-electron chi connectivity index (χ0n) is 10.5. The van der Waals surface area contributed by atoms with Crippen LogP contribution < -0.4 is 5.32 Å². The summed E-state index contributed by atoms with van der Waals surface area (Å²) in [6.07, 6.45) is 7.29. The minimum Gasteiger partial charge on any atom is -0.339 e. The number of hydrogen-bond acceptors (Lipinski definition) is 4. The van der Waals surface area contributed by atoms with Gasteiger partial charge in [0.25, 0.3) is 0 Å². The summed E-state index contributed by atoms with van der Waals surface area (Å²) in [4.78, 5) is 4.70. The Labute approximate surface area is 102 Å². The van der Waals surface area contributed by atoms with Crippen LogP contribution in [0.5, 0.6) is 0 Å². The Kier molecular flexibility index (Phi) is 2.90. The van der Waals surface area contributed by atoms with Gasteiger partial charge < -0.3 is 9.84 Å². The van der Waals surface area contributed by atoms with E-state index in [1.807, 2.05) is 0 Å². The molecule has 0 spiro atoms. The van der Waals surface area contributed by atoms with Crippen molar-refractivity contribution in [1.29, 1.82) is 0 Å². The zero-order valence-corrected chi connectivity index (χ0v) is 10.5. The highest BCUT2D eigenvalue weighted by Crippen LogP contribution is 2.36. The van der Waals surface area contributed by atoms with Crippen molar-refractivity contribution in [3.63, 3.8) is 0 Å². The van der Waals surface area contributed by atoms with Crippen molar-refractivity contribution in [3.05, 3.63) is 11.7 Å². The van der Waals surface area contributed by atoms with Gasteiger partial charge in [0.2, 0.25) is 5.89 Å². The fourth-order valence-electron chi connectivity index (χ4n) is 3.18. The van der Waals surface area contributed by atoms with E-state index in [4.69, 9.17) is 9.51 Å². The molecular formula is C13H21N3O. The Bertz CT molecular complexity index is 376. The fourth-order valence-corrected chi connectivity index (χ4v) is 3.18. The second-order valence-electron chi connectivity index (χ2n) is 5.50. The van der Waals surface area contributed by atoms with Gasteiger partial charge in [-0.25, -0.2) is 0 Å². The van der Waals surface area contributed by atoms with Crippen molar-refractivity contribution in [2.75, 3.05) is 13.1 Å². The van der Waals surface area contributed by atoms with Gasteiger partial charge in [0.05, 0.1) is 5.41 Å². The van der Waals surface area contributed by atoms with Gasteiger partial charge in [0.15, 0.2) is 5.82 Å². The van der Waals surface area contributed by atoms with Crippen molar-refractivity contribution in [2.24, 2.45) is 0 Å². The highest BCUT2D eigenvalue weighted by molar-refractivity contribution is 5.11. The third-order valence-corrected chi connectivity index (χ3v) is 4.54. The third-order valence-electron chi connectivity index (χ3n) is 4.54. The Morgan fingerprint density at radius 2 is 2.24 bits per heavy atom. The minimum absolute atomic E-state index is 0.101. The van der Waals surface area contributed by atoms with E-state index in [2.05, 4.69) is 17.4 Å². The van der Waals surface area contributed by atoms with Gasteiger partial charge >= 0.3 is 0 Å². The third kappa shape index (κ3) is 1.88. The van der Waals surface area contributed by atoms with E-state index in [1.165, 1.54) is 25.7 Å². The molecule has 1 aliphatic heterocycles. The van der Waals surface area contributed by atoms with E-state index in [-0.39, 0.29) is 5.41 Å². The van der Waals surface area contributed by atoms with E-state index >= 15 is 0 Å². The second-order valence-corrected chi connectivity index (χ2v) is 5.50. The van der Waals surface area contributed by atoms with Gasteiger partial charge in [0, 0.05) is 12.5 Å². The lowest BCUT2D eigenvalue weighted by molar-refractivity contribution is 0.283. The Morgan fingerprint density at radius 1 is 1.41 bits per heavy atom. The van der Waals surface area contributed by atoms with Crippen molar-refractivity contribution < 1.29 is 4.52 Å². The van der Waals surface area contributed by atoms with Crippen LogP contribution in [0.15, 0.2) is 4.52 Å². The number of nitrogens with zero attached hydrogens (tertiary/aromatic N) is 2. The zero-order chi connectivity index (χ0) is 11.7. The topological polar surface area (TPSA) is 51.0 Å². The van der Waals surface area contributed by atoms with Crippen LogP contribution in [-0.4, -0.2) is 23.2 Å². The molecule has 0 amide bonds. The highest BCUT2D eigenvalue weighted by atomic mass is 16.5. The number of aromatic nitrogens is 2. The van der Waals surface area contributed by atoms with Crippen LogP contribution in [0.3, 0.4) is 0 Å². The van der Waals surface area contributed by atoms with Crippen LogP contribution in [0, 0.1) is 0 Å². The summed E-state index contributed by atoms with van der Waals surface area (Å²) in [5, 5.41) is 7.64. The largest absolute Gasteiger partial charge is 0.339 e. The summed E-state index contributed by atoms with van der Waals surface area (Å²) in [6.45, 7) is 4.26. The molecule has 0 aromatic carbocycles. The fraction of sp³-hybridized carbons (Fsp3) is 0.846. The molecule has 0 bridgehead atoms. The van der Waals surface area contributed by atoms with Gasteiger partial charge in [-0.2, -0.15) is 4.98 Å². The maximum Gasteiger partial charge on any atom is 0.234 e. The lowest BCUT2D eigenvalue weighted by Crippen LogP contribution is -2.28. The Morgan fingerprint density at radius 3 is 2.88 bits per heavy atom. The summed E-state index contributed by atoms with van der Waals surface area (Å²) < 4.78 is 5.55. The van der Waals surface area contributed by atoms with Crippen molar-refractivity contribution in [2.45, 2.75) is 56.8 Å². The van der Waals surface area contributed by atoms with Crippen molar-refractivity contribution in [1.82, 2.24) is 15.5 Å². The monoisotopic (exact) mass is 235 g/mol. The van der Waals surface area contributed by atoms with E-state index in [0.29, 0.717) is 5.92 Å². The van der Waals surface area contributed by atoms with Crippen LogP contribution in [0.1, 0.15) is 63.1 Å². The minimum atomic E-state index is 0.101. The quantitative estimate of drug-likeness (QED) is 0.874. The molecule has 94 valence electrons. The second kappa shape index (κ2) is 4.41. The van der Waals surface area contributed by atoms with E-state index in [1.54, 1.807) is 0 Å². The van der Waals surface area contributed by atoms with Crippen LogP contribution >= 0.6 is 0 Å². The van der Waals surface area contributed by atoms with Gasteiger partial charge in [-0.3, -0.25) is 0 Å². The first-order chi connectivity index (χ1) is 8.34. The standard InChI is InChI=1S/C13H21N3O/c1-2-13(7-8-14-9-13)12-15-11(16-17-12)10-5-3-4-6-10/h10,14H,2-9H2,1H3. The molecule has 17 heavy (non-hydrogen) atoms. The lowest BCUT2D eigenvalue weighted by atomic mass is 9.84. The first-order valence-corrected chi connectivity index (χ1v) is 6.89. The van der Waals surface area contributed by atoms with Crippen LogP contribution in [0.2, 0.25) is 0 Å². The predicted octanol–water partition coefficient (Wildman–Crippen LogP) is 2.37. The maximum absolute atomic E-state index is 5.55. The maximum atomic E-state index is 5.55. The molecule has 1 N–H and O–H groups in total. The van der Waals surface area contributed by atoms with E-state index < -0.39 is 0 Å². The molecule has 1 atom stereocenters. The molecule has 1 aromatic rings. The lowest BCUT2D eigenvalue weighted by Gasteiger charge is -2.20. The SMILES string of the molecule is CCC1(c2nc(C3CCCC3)no2)CCNC1. The molecule has 4 heteroatoms. The summed E-state index contributed by atoms with van der Waals surface area (Å²) in [5.74, 6) is 2.37.